The molecule has 0 radical (unpaired) electrons. The molecule has 0 heterocycles. The Kier molecular flexibility index (Phi) is 5.56. The summed E-state index contributed by atoms with van der Waals surface area (Å²) in [5.74, 6) is -0.0699. The third-order valence-corrected chi connectivity index (χ3v) is 2.97. The zero-order valence-electron chi connectivity index (χ0n) is 10.8. The molecule has 0 saturated heterocycles. The van der Waals surface area contributed by atoms with E-state index in [1.807, 2.05) is 7.05 Å². The fraction of sp³-hybridized carbons (Fsp3) is 0.571. The largest absolute Gasteiger partial charge is 0.317 e. The van der Waals surface area contributed by atoms with E-state index in [4.69, 9.17) is 0 Å². The Labute approximate surface area is 102 Å². The van der Waals surface area contributed by atoms with E-state index >= 15 is 0 Å². The van der Waals surface area contributed by atoms with Crippen molar-refractivity contribution in [3.05, 3.63) is 35.4 Å². The van der Waals surface area contributed by atoms with Crippen LogP contribution in [0.3, 0.4) is 0 Å². The highest BCUT2D eigenvalue weighted by Crippen LogP contribution is 2.15. The van der Waals surface area contributed by atoms with Crippen LogP contribution in [-0.2, 0) is 6.42 Å². The monoisotopic (exact) mass is 241 g/mol. The van der Waals surface area contributed by atoms with E-state index in [0.717, 1.165) is 18.9 Å². The van der Waals surface area contributed by atoms with Crippen LogP contribution in [0.15, 0.2) is 18.2 Å². The quantitative estimate of drug-likeness (QED) is 0.803. The molecule has 0 bridgehead atoms. The summed E-state index contributed by atoms with van der Waals surface area (Å²) in [6.07, 6.45) is 2.60. The number of likely N-dealkylation sites (N-methyl/N-ethyl adjacent to an activating group) is 1. The topological polar surface area (TPSA) is 12.0 Å². The van der Waals surface area contributed by atoms with Crippen LogP contribution in [0, 0.1) is 17.6 Å². The minimum Gasteiger partial charge on any atom is -0.317 e. The normalized spacial score (nSPS) is 13.1. The molecule has 1 aromatic rings. The molecule has 17 heavy (non-hydrogen) atoms. The zero-order chi connectivity index (χ0) is 12.8. The minimum absolute atomic E-state index is 0.202. The van der Waals surface area contributed by atoms with Crippen LogP contribution in [0.1, 0.15) is 32.3 Å². The van der Waals surface area contributed by atoms with Gasteiger partial charge in [0.05, 0.1) is 0 Å². The number of rotatable bonds is 6. The van der Waals surface area contributed by atoms with Gasteiger partial charge in [-0.25, -0.2) is 8.78 Å². The van der Waals surface area contributed by atoms with Gasteiger partial charge in [-0.15, -0.1) is 0 Å². The van der Waals surface area contributed by atoms with Gasteiger partial charge in [-0.05, 0) is 56.0 Å². The van der Waals surface area contributed by atoms with Crippen molar-refractivity contribution < 1.29 is 8.78 Å². The number of nitrogens with one attached hydrogen (secondary N) is 1. The smallest absolute Gasteiger partial charge is 0.126 e. The number of benzene rings is 1. The fourth-order valence-corrected chi connectivity index (χ4v) is 1.85. The molecule has 0 aliphatic rings. The van der Waals surface area contributed by atoms with Crippen molar-refractivity contribution in [1.29, 1.82) is 0 Å². The van der Waals surface area contributed by atoms with Crippen LogP contribution in [0.25, 0.3) is 0 Å². The maximum Gasteiger partial charge on any atom is 0.126 e. The molecule has 0 aliphatic heterocycles. The van der Waals surface area contributed by atoms with E-state index in [9.17, 15) is 8.78 Å². The van der Waals surface area contributed by atoms with Gasteiger partial charge >= 0.3 is 0 Å². The van der Waals surface area contributed by atoms with Crippen LogP contribution < -0.4 is 5.32 Å². The van der Waals surface area contributed by atoms with E-state index in [0.29, 0.717) is 17.9 Å². The van der Waals surface area contributed by atoms with Crippen molar-refractivity contribution >= 4 is 0 Å². The van der Waals surface area contributed by atoms with E-state index < -0.39 is 0 Å². The molecule has 1 N–H and O–H groups in total. The van der Waals surface area contributed by atoms with Gasteiger partial charge in [-0.2, -0.15) is 0 Å². The molecule has 0 aliphatic carbocycles. The van der Waals surface area contributed by atoms with Crippen molar-refractivity contribution in [2.24, 2.45) is 5.92 Å². The maximum absolute atomic E-state index is 13.5. The van der Waals surface area contributed by atoms with Crippen LogP contribution in [0.4, 0.5) is 8.78 Å². The van der Waals surface area contributed by atoms with Crippen LogP contribution >= 0.6 is 0 Å². The highest BCUT2D eigenvalue weighted by atomic mass is 19.1. The van der Waals surface area contributed by atoms with Crippen molar-refractivity contribution in [1.82, 2.24) is 5.32 Å². The Morgan fingerprint density at radius 1 is 1.18 bits per heavy atom. The predicted octanol–water partition coefficient (Wildman–Crippen LogP) is 3.53. The number of halogens is 2. The van der Waals surface area contributed by atoms with Crippen molar-refractivity contribution in [2.45, 2.75) is 39.2 Å². The molecule has 1 unspecified atom stereocenters. The Morgan fingerprint density at radius 3 is 2.47 bits per heavy atom. The Bertz CT molecular complexity index is 350. The first-order valence-corrected chi connectivity index (χ1v) is 6.14. The summed E-state index contributed by atoms with van der Waals surface area (Å²) in [5, 5.41) is 3.16. The third kappa shape index (κ3) is 4.82. The number of hydrogen-bond acceptors (Lipinski definition) is 1. The lowest BCUT2D eigenvalue weighted by molar-refractivity contribution is 0.444. The van der Waals surface area contributed by atoms with Crippen molar-refractivity contribution in [2.75, 3.05) is 7.05 Å². The van der Waals surface area contributed by atoms with Gasteiger partial charge in [0.1, 0.15) is 11.6 Å². The molecule has 0 fully saturated rings. The minimum atomic E-state index is -0.375. The van der Waals surface area contributed by atoms with E-state index in [1.165, 1.54) is 12.1 Å². The van der Waals surface area contributed by atoms with E-state index in [2.05, 4.69) is 19.2 Å². The van der Waals surface area contributed by atoms with Crippen LogP contribution in [0.2, 0.25) is 0 Å². The van der Waals surface area contributed by atoms with Gasteiger partial charge in [0.15, 0.2) is 0 Å². The third-order valence-electron chi connectivity index (χ3n) is 2.97. The number of hydrogen-bond donors (Lipinski definition) is 1. The zero-order valence-corrected chi connectivity index (χ0v) is 10.8. The van der Waals surface area contributed by atoms with E-state index in [-0.39, 0.29) is 17.7 Å². The summed E-state index contributed by atoms with van der Waals surface area (Å²) in [5.41, 5.74) is 0.452. The molecule has 0 saturated carbocycles. The van der Waals surface area contributed by atoms with Gasteiger partial charge in [-0.1, -0.05) is 13.8 Å². The summed E-state index contributed by atoms with van der Waals surface area (Å²) in [4.78, 5) is 0. The first kappa shape index (κ1) is 14.1. The van der Waals surface area contributed by atoms with Gasteiger partial charge < -0.3 is 5.32 Å². The highest BCUT2D eigenvalue weighted by Gasteiger charge is 2.12. The van der Waals surface area contributed by atoms with Crippen molar-refractivity contribution in [3.63, 3.8) is 0 Å². The predicted molar refractivity (Wildman–Crippen MR) is 67.0 cm³/mol. The molecule has 1 nitrogen and oxygen atoms in total. The molecular formula is C14H21F2N. The summed E-state index contributed by atoms with van der Waals surface area (Å²) in [6.45, 7) is 4.32. The van der Waals surface area contributed by atoms with Crippen LogP contribution in [0.5, 0.6) is 0 Å². The second-order valence-corrected chi connectivity index (χ2v) is 4.90. The van der Waals surface area contributed by atoms with Gasteiger partial charge in [0.25, 0.3) is 0 Å². The standard InChI is InChI=1S/C14H21F2N/c1-10(2)4-6-13(17-3)9-11-8-12(15)5-7-14(11)16/h5,7-8,10,13,17H,4,6,9H2,1-3H3. The summed E-state index contributed by atoms with van der Waals surface area (Å²) < 4.78 is 26.5. The Hall–Kier alpha value is -0.960. The average molecular weight is 241 g/mol. The molecule has 0 amide bonds. The maximum atomic E-state index is 13.5. The highest BCUT2D eigenvalue weighted by molar-refractivity contribution is 5.19. The van der Waals surface area contributed by atoms with Gasteiger partial charge in [0, 0.05) is 6.04 Å². The molecule has 1 rings (SSSR count). The first-order valence-electron chi connectivity index (χ1n) is 6.14. The molecular weight excluding hydrogens is 220 g/mol. The summed E-state index contributed by atoms with van der Waals surface area (Å²) >= 11 is 0. The SMILES string of the molecule is CNC(CCC(C)C)Cc1cc(F)ccc1F. The molecule has 1 atom stereocenters. The average Bonchev–Trinajstić information content (AvgIpc) is 2.28. The summed E-state index contributed by atoms with van der Waals surface area (Å²) in [6, 6.07) is 3.84. The lowest BCUT2D eigenvalue weighted by Crippen LogP contribution is -2.28. The van der Waals surface area contributed by atoms with E-state index in [1.54, 1.807) is 0 Å². The van der Waals surface area contributed by atoms with Crippen LogP contribution in [-0.4, -0.2) is 13.1 Å². The molecule has 0 spiro atoms. The molecule has 96 valence electrons. The second-order valence-electron chi connectivity index (χ2n) is 4.90. The van der Waals surface area contributed by atoms with Crippen molar-refractivity contribution in [3.8, 4) is 0 Å². The molecule has 3 heteroatoms. The molecule has 0 aromatic heterocycles. The lowest BCUT2D eigenvalue weighted by atomic mass is 9.97. The first-order chi connectivity index (χ1) is 8.02. The summed E-state index contributed by atoms with van der Waals surface area (Å²) in [7, 11) is 1.86. The lowest BCUT2D eigenvalue weighted by Gasteiger charge is -2.17. The van der Waals surface area contributed by atoms with Gasteiger partial charge in [-0.3, -0.25) is 0 Å². The Balaban J connectivity index is 2.63. The fourth-order valence-electron chi connectivity index (χ4n) is 1.85. The Morgan fingerprint density at radius 2 is 1.88 bits per heavy atom. The van der Waals surface area contributed by atoms with Gasteiger partial charge in [0.2, 0.25) is 0 Å². The molecule has 1 aromatic carbocycles. The second kappa shape index (κ2) is 6.70.